The maximum absolute atomic E-state index is 13.6. The van der Waals surface area contributed by atoms with Gasteiger partial charge in [0.2, 0.25) is 21.8 Å². The number of nitrogens with zero attached hydrogens (tertiary/aromatic N) is 2. The lowest BCUT2D eigenvalue weighted by molar-refractivity contribution is -0.139. The Bertz CT molecular complexity index is 1130. The van der Waals surface area contributed by atoms with Gasteiger partial charge in [-0.1, -0.05) is 49.2 Å². The molecule has 2 aromatic carbocycles. The predicted molar refractivity (Wildman–Crippen MR) is 133 cm³/mol. The van der Waals surface area contributed by atoms with Gasteiger partial charge in [-0.3, -0.25) is 13.9 Å². The largest absolute Gasteiger partial charge is 0.354 e. The molecule has 0 heterocycles. The molecule has 2 amide bonds. The van der Waals surface area contributed by atoms with Crippen LogP contribution in [0.1, 0.15) is 26.3 Å². The molecule has 0 spiro atoms. The zero-order chi connectivity index (χ0) is 25.6. The third kappa shape index (κ3) is 7.85. The van der Waals surface area contributed by atoms with Gasteiger partial charge < -0.3 is 10.2 Å². The van der Waals surface area contributed by atoms with Crippen LogP contribution in [0, 0.1) is 11.7 Å². The molecular formula is C23H28Cl2FN3O4S. The quantitative estimate of drug-likeness (QED) is 0.500. The van der Waals surface area contributed by atoms with E-state index >= 15 is 0 Å². The topological polar surface area (TPSA) is 86.8 Å². The number of hydrogen-bond donors (Lipinski definition) is 1. The van der Waals surface area contributed by atoms with Crippen LogP contribution in [0.2, 0.25) is 10.0 Å². The molecule has 0 unspecified atom stereocenters. The van der Waals surface area contributed by atoms with Crippen molar-refractivity contribution in [3.63, 3.8) is 0 Å². The maximum Gasteiger partial charge on any atom is 0.244 e. The molecule has 0 aliphatic rings. The second kappa shape index (κ2) is 11.9. The average Bonchev–Trinajstić information content (AvgIpc) is 2.76. The fourth-order valence-electron chi connectivity index (χ4n) is 3.08. The first-order valence-electron chi connectivity index (χ1n) is 10.5. The van der Waals surface area contributed by atoms with Gasteiger partial charge in [0.1, 0.15) is 18.4 Å². The minimum Gasteiger partial charge on any atom is -0.354 e. The Kier molecular flexibility index (Phi) is 9.73. The lowest BCUT2D eigenvalue weighted by Gasteiger charge is -2.31. The smallest absolute Gasteiger partial charge is 0.244 e. The van der Waals surface area contributed by atoms with Crippen molar-refractivity contribution in [3.8, 4) is 0 Å². The average molecular weight is 532 g/mol. The molecule has 1 N–H and O–H groups in total. The van der Waals surface area contributed by atoms with Crippen molar-refractivity contribution in [3.05, 3.63) is 63.9 Å². The van der Waals surface area contributed by atoms with Gasteiger partial charge in [-0.15, -0.1) is 0 Å². The Labute approximate surface area is 209 Å². The summed E-state index contributed by atoms with van der Waals surface area (Å²) in [6.07, 6.45) is 0.930. The van der Waals surface area contributed by atoms with E-state index in [0.29, 0.717) is 17.1 Å². The Morgan fingerprint density at radius 2 is 1.68 bits per heavy atom. The van der Waals surface area contributed by atoms with Crippen LogP contribution in [0.25, 0.3) is 0 Å². The summed E-state index contributed by atoms with van der Waals surface area (Å²) in [5.74, 6) is -1.50. The van der Waals surface area contributed by atoms with Crippen LogP contribution in [-0.2, 0) is 26.2 Å². The molecule has 7 nitrogen and oxygen atoms in total. The summed E-state index contributed by atoms with van der Waals surface area (Å²) in [6.45, 7) is 5.34. The van der Waals surface area contributed by atoms with E-state index in [1.165, 1.54) is 11.0 Å². The van der Waals surface area contributed by atoms with Gasteiger partial charge in [-0.25, -0.2) is 12.8 Å². The van der Waals surface area contributed by atoms with Crippen LogP contribution in [0.4, 0.5) is 10.1 Å². The second-order valence-electron chi connectivity index (χ2n) is 8.33. The zero-order valence-electron chi connectivity index (χ0n) is 19.4. The monoisotopic (exact) mass is 531 g/mol. The SMILES string of the molecule is CC(C)CNC(=O)[C@@H](C)N(Cc1ccc(Cl)cc1)C(=O)CN(c1ccc(F)c(Cl)c1)S(C)(=O)=O. The number of amides is 2. The number of hydrogen-bond acceptors (Lipinski definition) is 4. The first kappa shape index (κ1) is 27.9. The highest BCUT2D eigenvalue weighted by Gasteiger charge is 2.30. The molecule has 0 fully saturated rings. The van der Waals surface area contributed by atoms with E-state index in [2.05, 4.69) is 5.32 Å². The van der Waals surface area contributed by atoms with Gasteiger partial charge in [0.05, 0.1) is 17.0 Å². The van der Waals surface area contributed by atoms with E-state index in [-0.39, 0.29) is 29.1 Å². The molecule has 0 aliphatic carbocycles. The van der Waals surface area contributed by atoms with Gasteiger partial charge in [-0.05, 0) is 48.7 Å². The summed E-state index contributed by atoms with van der Waals surface area (Å²) in [4.78, 5) is 27.4. The van der Waals surface area contributed by atoms with E-state index in [1.54, 1.807) is 31.2 Å². The highest BCUT2D eigenvalue weighted by atomic mass is 35.5. The maximum atomic E-state index is 13.6. The van der Waals surface area contributed by atoms with Crippen molar-refractivity contribution >= 4 is 50.7 Å². The van der Waals surface area contributed by atoms with Crippen molar-refractivity contribution < 1.29 is 22.4 Å². The van der Waals surface area contributed by atoms with Crippen LogP contribution < -0.4 is 9.62 Å². The fraction of sp³-hybridized carbons (Fsp3) is 0.391. The van der Waals surface area contributed by atoms with Crippen molar-refractivity contribution in [1.82, 2.24) is 10.2 Å². The molecule has 34 heavy (non-hydrogen) atoms. The summed E-state index contributed by atoms with van der Waals surface area (Å²) in [5, 5.41) is 3.03. The van der Waals surface area contributed by atoms with Crippen LogP contribution in [0.3, 0.4) is 0 Å². The van der Waals surface area contributed by atoms with E-state index in [0.717, 1.165) is 22.7 Å². The molecular weight excluding hydrogens is 504 g/mol. The highest BCUT2D eigenvalue weighted by molar-refractivity contribution is 7.92. The molecule has 1 atom stereocenters. The lowest BCUT2D eigenvalue weighted by atomic mass is 10.1. The van der Waals surface area contributed by atoms with Gasteiger partial charge in [0.25, 0.3) is 0 Å². The Morgan fingerprint density at radius 1 is 1.06 bits per heavy atom. The number of carbonyl (C=O) groups is 2. The van der Waals surface area contributed by atoms with Crippen molar-refractivity contribution in [1.29, 1.82) is 0 Å². The second-order valence-corrected chi connectivity index (χ2v) is 11.1. The third-order valence-corrected chi connectivity index (χ3v) is 6.67. The molecule has 2 aromatic rings. The minimum absolute atomic E-state index is 0.0330. The molecule has 0 saturated heterocycles. The molecule has 186 valence electrons. The van der Waals surface area contributed by atoms with E-state index in [9.17, 15) is 22.4 Å². The highest BCUT2D eigenvalue weighted by Crippen LogP contribution is 2.25. The molecule has 0 radical (unpaired) electrons. The van der Waals surface area contributed by atoms with Crippen LogP contribution >= 0.6 is 23.2 Å². The van der Waals surface area contributed by atoms with Crippen molar-refractivity contribution in [2.24, 2.45) is 5.92 Å². The normalized spacial score (nSPS) is 12.4. The standard InChI is InChI=1S/C23H28Cl2FN3O4S/c1-15(2)12-27-23(31)16(3)28(13-17-5-7-18(24)8-6-17)22(30)14-29(34(4,32)33)19-9-10-21(26)20(25)11-19/h5-11,15-16H,12-14H2,1-4H3,(H,27,31)/t16-/m1/s1. The predicted octanol–water partition coefficient (Wildman–Crippen LogP) is 4.09. The fourth-order valence-corrected chi connectivity index (χ4v) is 4.22. The van der Waals surface area contributed by atoms with Gasteiger partial charge in [-0.2, -0.15) is 0 Å². The number of halogens is 3. The summed E-state index contributed by atoms with van der Waals surface area (Å²) in [5.41, 5.74) is 0.739. The summed E-state index contributed by atoms with van der Waals surface area (Å²) in [7, 11) is -3.94. The Balaban J connectivity index is 2.37. The molecule has 0 aliphatic heterocycles. The molecule has 0 aromatic heterocycles. The van der Waals surface area contributed by atoms with Gasteiger partial charge >= 0.3 is 0 Å². The van der Waals surface area contributed by atoms with Crippen molar-refractivity contribution in [2.45, 2.75) is 33.4 Å². The van der Waals surface area contributed by atoms with Crippen molar-refractivity contribution in [2.75, 3.05) is 23.7 Å². The van der Waals surface area contributed by atoms with E-state index in [4.69, 9.17) is 23.2 Å². The summed E-state index contributed by atoms with van der Waals surface area (Å²) in [6, 6.07) is 9.24. The summed E-state index contributed by atoms with van der Waals surface area (Å²) < 4.78 is 39.4. The summed E-state index contributed by atoms with van der Waals surface area (Å²) >= 11 is 11.8. The first-order chi connectivity index (χ1) is 15.8. The number of rotatable bonds is 10. The lowest BCUT2D eigenvalue weighted by Crippen LogP contribution is -2.51. The Morgan fingerprint density at radius 3 is 2.21 bits per heavy atom. The van der Waals surface area contributed by atoms with E-state index < -0.39 is 34.3 Å². The van der Waals surface area contributed by atoms with Gasteiger partial charge in [0.15, 0.2) is 0 Å². The Hall–Kier alpha value is -2.36. The number of anilines is 1. The molecule has 0 saturated carbocycles. The van der Waals surface area contributed by atoms with Crippen LogP contribution in [-0.4, -0.2) is 50.5 Å². The van der Waals surface area contributed by atoms with E-state index in [1.807, 2.05) is 13.8 Å². The van der Waals surface area contributed by atoms with Crippen LogP contribution in [0.15, 0.2) is 42.5 Å². The zero-order valence-corrected chi connectivity index (χ0v) is 21.7. The number of sulfonamides is 1. The molecule has 0 bridgehead atoms. The number of benzene rings is 2. The first-order valence-corrected chi connectivity index (χ1v) is 13.1. The molecule has 11 heteroatoms. The minimum atomic E-state index is -3.94. The van der Waals surface area contributed by atoms with Gasteiger partial charge in [0, 0.05) is 18.1 Å². The molecule has 2 rings (SSSR count). The number of nitrogens with one attached hydrogen (secondary N) is 1. The van der Waals surface area contributed by atoms with Crippen LogP contribution in [0.5, 0.6) is 0 Å². The number of carbonyl (C=O) groups excluding carboxylic acids is 2. The third-order valence-electron chi connectivity index (χ3n) is 4.99.